The number of nitrogens with zero attached hydrogens (tertiary/aromatic N) is 2. The largest absolute Gasteiger partial charge is 0.482 e. The van der Waals surface area contributed by atoms with E-state index in [1.807, 2.05) is 18.2 Å². The summed E-state index contributed by atoms with van der Waals surface area (Å²) in [6.07, 6.45) is 2.95. The highest BCUT2D eigenvalue weighted by atomic mass is 16.5. The van der Waals surface area contributed by atoms with Gasteiger partial charge >= 0.3 is 0 Å². The van der Waals surface area contributed by atoms with Gasteiger partial charge in [-0.1, -0.05) is 24.3 Å². The Morgan fingerprint density at radius 2 is 2.08 bits per heavy atom. The third-order valence-electron chi connectivity index (χ3n) is 3.97. The number of carbonyl (C=O) groups is 2. The Morgan fingerprint density at radius 1 is 1.19 bits per heavy atom. The summed E-state index contributed by atoms with van der Waals surface area (Å²) in [6, 6.07) is 14.4. The lowest BCUT2D eigenvalue weighted by molar-refractivity contribution is -0.123. The molecule has 0 saturated carbocycles. The molecule has 0 spiro atoms. The van der Waals surface area contributed by atoms with Gasteiger partial charge < -0.3 is 14.5 Å². The minimum Gasteiger partial charge on any atom is -0.482 e. The molecule has 1 N–H and O–H groups in total. The molecule has 26 heavy (non-hydrogen) atoms. The Morgan fingerprint density at radius 3 is 2.92 bits per heavy atom. The number of para-hydroxylation sites is 2. The maximum Gasteiger partial charge on any atom is 0.265 e. The smallest absolute Gasteiger partial charge is 0.265 e. The van der Waals surface area contributed by atoms with Gasteiger partial charge in [0.25, 0.3) is 5.91 Å². The molecule has 0 unspecified atom stereocenters. The summed E-state index contributed by atoms with van der Waals surface area (Å²) in [5.74, 6) is 0.643. The number of nitrogens with one attached hydrogen (secondary N) is 1. The Labute approximate surface area is 149 Å². The number of hydrogen-bond donors (Lipinski definition) is 1. The van der Waals surface area contributed by atoms with E-state index >= 15 is 0 Å². The first kappa shape index (κ1) is 15.9. The number of carbonyl (C=O) groups excluding carboxylic acids is 2. The molecular weight excluding hydrogens is 334 g/mol. The normalized spacial score (nSPS) is 13.1. The van der Waals surface area contributed by atoms with Gasteiger partial charge in [-0.05, 0) is 24.3 Å². The van der Waals surface area contributed by atoms with Crippen LogP contribution in [0.2, 0.25) is 0 Å². The molecule has 2 aromatic carbocycles. The molecule has 1 aliphatic rings. The zero-order valence-corrected chi connectivity index (χ0v) is 13.7. The summed E-state index contributed by atoms with van der Waals surface area (Å²) in [7, 11) is 0. The average Bonchev–Trinajstić information content (AvgIpc) is 3.19. The van der Waals surface area contributed by atoms with E-state index in [0.29, 0.717) is 22.9 Å². The molecule has 1 aliphatic heterocycles. The molecule has 0 radical (unpaired) electrons. The van der Waals surface area contributed by atoms with E-state index < -0.39 is 0 Å². The van der Waals surface area contributed by atoms with Crippen molar-refractivity contribution in [2.75, 3.05) is 23.4 Å². The fraction of sp³-hybridized carbons (Fsp3) is 0.105. The van der Waals surface area contributed by atoms with Crippen molar-refractivity contribution >= 4 is 23.2 Å². The number of fused-ring (bicyclic) bond motifs is 1. The number of aromatic nitrogens is 1. The van der Waals surface area contributed by atoms with Crippen molar-refractivity contribution in [2.24, 2.45) is 0 Å². The maximum absolute atomic E-state index is 12.5. The maximum atomic E-state index is 12.5. The van der Waals surface area contributed by atoms with Gasteiger partial charge in [0, 0.05) is 11.3 Å². The average molecular weight is 349 g/mol. The number of anilines is 2. The van der Waals surface area contributed by atoms with Crippen LogP contribution in [0.5, 0.6) is 5.75 Å². The van der Waals surface area contributed by atoms with Gasteiger partial charge in [-0.3, -0.25) is 14.5 Å². The first-order chi connectivity index (χ1) is 12.7. The highest BCUT2D eigenvalue weighted by Crippen LogP contribution is 2.31. The van der Waals surface area contributed by atoms with E-state index in [1.54, 1.807) is 36.5 Å². The Kier molecular flexibility index (Phi) is 4.10. The van der Waals surface area contributed by atoms with Crippen molar-refractivity contribution in [3.05, 3.63) is 61.1 Å². The molecule has 4 rings (SSSR count). The van der Waals surface area contributed by atoms with Crippen molar-refractivity contribution in [3.63, 3.8) is 0 Å². The second-order valence-electron chi connectivity index (χ2n) is 5.73. The lowest BCUT2D eigenvalue weighted by atomic mass is 10.1. The molecule has 7 nitrogen and oxygen atoms in total. The Balaban J connectivity index is 1.50. The molecule has 2 heterocycles. The lowest BCUT2D eigenvalue weighted by Gasteiger charge is -2.28. The molecule has 0 bridgehead atoms. The fourth-order valence-corrected chi connectivity index (χ4v) is 2.78. The topological polar surface area (TPSA) is 84.7 Å². The number of amides is 2. The first-order valence-corrected chi connectivity index (χ1v) is 8.02. The number of oxazole rings is 1. The van der Waals surface area contributed by atoms with Crippen LogP contribution >= 0.6 is 0 Å². The zero-order chi connectivity index (χ0) is 17.9. The van der Waals surface area contributed by atoms with Crippen molar-refractivity contribution < 1.29 is 18.7 Å². The SMILES string of the molecule is O=C(CN1C(=O)COc2ccccc21)Nc1cccc(-c2cnco2)c1. The van der Waals surface area contributed by atoms with Crippen LogP contribution in [0.1, 0.15) is 0 Å². The summed E-state index contributed by atoms with van der Waals surface area (Å²) < 4.78 is 10.6. The number of hydrogen-bond acceptors (Lipinski definition) is 5. The highest BCUT2D eigenvalue weighted by molar-refractivity contribution is 6.05. The van der Waals surface area contributed by atoms with Crippen LogP contribution in [0, 0.1) is 0 Å². The summed E-state index contributed by atoms with van der Waals surface area (Å²) in [5.41, 5.74) is 2.00. The predicted molar refractivity (Wildman–Crippen MR) is 94.9 cm³/mol. The third-order valence-corrected chi connectivity index (χ3v) is 3.97. The van der Waals surface area contributed by atoms with Gasteiger partial charge in [0.1, 0.15) is 12.3 Å². The van der Waals surface area contributed by atoms with Gasteiger partial charge in [0.2, 0.25) is 5.91 Å². The Bertz CT molecular complexity index is 953. The minimum atomic E-state index is -0.301. The molecule has 3 aromatic rings. The van der Waals surface area contributed by atoms with E-state index in [2.05, 4.69) is 10.3 Å². The van der Waals surface area contributed by atoms with Gasteiger partial charge in [0.05, 0.1) is 11.9 Å². The van der Waals surface area contributed by atoms with E-state index in [1.165, 1.54) is 11.3 Å². The molecule has 0 atom stereocenters. The van der Waals surface area contributed by atoms with Crippen molar-refractivity contribution in [1.82, 2.24) is 4.98 Å². The van der Waals surface area contributed by atoms with Gasteiger partial charge in [-0.25, -0.2) is 4.98 Å². The highest BCUT2D eigenvalue weighted by Gasteiger charge is 2.26. The first-order valence-electron chi connectivity index (χ1n) is 8.02. The number of rotatable bonds is 4. The van der Waals surface area contributed by atoms with Gasteiger partial charge in [-0.2, -0.15) is 0 Å². The molecule has 0 fully saturated rings. The Hall–Kier alpha value is -3.61. The second-order valence-corrected chi connectivity index (χ2v) is 5.73. The van der Waals surface area contributed by atoms with Crippen LogP contribution in [-0.2, 0) is 9.59 Å². The van der Waals surface area contributed by atoms with Crippen LogP contribution in [0.15, 0.2) is 65.5 Å². The molecule has 0 saturated heterocycles. The minimum absolute atomic E-state index is 0.0781. The van der Waals surface area contributed by atoms with E-state index in [4.69, 9.17) is 9.15 Å². The van der Waals surface area contributed by atoms with E-state index in [0.717, 1.165) is 5.56 Å². The van der Waals surface area contributed by atoms with E-state index in [9.17, 15) is 9.59 Å². The summed E-state index contributed by atoms with van der Waals surface area (Å²) in [5, 5.41) is 2.81. The summed E-state index contributed by atoms with van der Waals surface area (Å²) in [4.78, 5) is 29.9. The van der Waals surface area contributed by atoms with Crippen LogP contribution in [-0.4, -0.2) is 29.9 Å². The van der Waals surface area contributed by atoms with Crippen LogP contribution in [0.4, 0.5) is 11.4 Å². The molecule has 2 amide bonds. The predicted octanol–water partition coefficient (Wildman–Crippen LogP) is 2.71. The lowest BCUT2D eigenvalue weighted by Crippen LogP contribution is -2.43. The molecule has 130 valence electrons. The quantitative estimate of drug-likeness (QED) is 0.783. The third kappa shape index (κ3) is 3.14. The van der Waals surface area contributed by atoms with Crippen molar-refractivity contribution in [2.45, 2.75) is 0 Å². The summed E-state index contributed by atoms with van der Waals surface area (Å²) >= 11 is 0. The van der Waals surface area contributed by atoms with Gasteiger partial charge in [0.15, 0.2) is 18.8 Å². The van der Waals surface area contributed by atoms with Crippen LogP contribution in [0.3, 0.4) is 0 Å². The van der Waals surface area contributed by atoms with Crippen molar-refractivity contribution in [3.8, 4) is 17.1 Å². The monoisotopic (exact) mass is 349 g/mol. The molecule has 0 aliphatic carbocycles. The van der Waals surface area contributed by atoms with E-state index in [-0.39, 0.29) is 25.0 Å². The molecular formula is C19H15N3O4. The number of benzene rings is 2. The second kappa shape index (κ2) is 6.72. The van der Waals surface area contributed by atoms with Crippen LogP contribution in [0.25, 0.3) is 11.3 Å². The van der Waals surface area contributed by atoms with Crippen LogP contribution < -0.4 is 15.0 Å². The standard InChI is InChI=1S/C19H15N3O4/c23-18(10-22-15-6-1-2-7-16(15)25-11-19(22)24)21-14-5-3-4-13(8-14)17-9-20-12-26-17/h1-9,12H,10-11H2,(H,21,23). The fourth-order valence-electron chi connectivity index (χ4n) is 2.78. The molecule has 1 aromatic heterocycles. The zero-order valence-electron chi connectivity index (χ0n) is 13.7. The van der Waals surface area contributed by atoms with Crippen molar-refractivity contribution in [1.29, 1.82) is 0 Å². The number of ether oxygens (including phenoxy) is 1. The summed E-state index contributed by atoms with van der Waals surface area (Å²) in [6.45, 7) is -0.170. The van der Waals surface area contributed by atoms with Gasteiger partial charge in [-0.15, -0.1) is 0 Å². The molecule has 7 heteroatoms.